The van der Waals surface area contributed by atoms with Gasteiger partial charge in [0.2, 0.25) is 5.95 Å². The van der Waals surface area contributed by atoms with E-state index in [0.717, 1.165) is 25.5 Å². The highest BCUT2D eigenvalue weighted by Gasteiger charge is 2.34. The second kappa shape index (κ2) is 4.62. The van der Waals surface area contributed by atoms with E-state index in [4.69, 9.17) is 5.73 Å². The molecule has 1 aliphatic rings. The minimum absolute atomic E-state index is 0.269. The van der Waals surface area contributed by atoms with E-state index in [-0.39, 0.29) is 11.8 Å². The van der Waals surface area contributed by atoms with Gasteiger partial charge in [0, 0.05) is 19.2 Å². The summed E-state index contributed by atoms with van der Waals surface area (Å²) in [5, 5.41) is 0. The van der Waals surface area contributed by atoms with Crippen LogP contribution in [0.2, 0.25) is 0 Å². The number of rotatable bonds is 2. The zero-order valence-corrected chi connectivity index (χ0v) is 10.0. The molecule has 2 N–H and O–H groups in total. The Labute approximate surface area is 103 Å². The largest absolute Gasteiger partial charge is 0.433 e. The van der Waals surface area contributed by atoms with E-state index in [2.05, 4.69) is 16.9 Å². The Bertz CT molecular complexity index is 433. The van der Waals surface area contributed by atoms with Crippen LogP contribution in [0.3, 0.4) is 0 Å². The lowest BCUT2D eigenvalue weighted by Gasteiger charge is -2.18. The van der Waals surface area contributed by atoms with Crippen molar-refractivity contribution in [3.63, 3.8) is 0 Å². The number of nitrogens with zero attached hydrogens (tertiary/aromatic N) is 3. The predicted molar refractivity (Wildman–Crippen MR) is 62.1 cm³/mol. The molecule has 0 spiro atoms. The van der Waals surface area contributed by atoms with E-state index in [1.165, 1.54) is 0 Å². The van der Waals surface area contributed by atoms with Gasteiger partial charge in [-0.05, 0) is 12.3 Å². The first-order valence-electron chi connectivity index (χ1n) is 5.87. The van der Waals surface area contributed by atoms with Crippen molar-refractivity contribution in [2.75, 3.05) is 23.7 Å². The summed E-state index contributed by atoms with van der Waals surface area (Å²) in [6, 6.07) is 0.967. The highest BCUT2D eigenvalue weighted by Crippen LogP contribution is 2.31. The fourth-order valence-corrected chi connectivity index (χ4v) is 2.13. The third-order valence-corrected chi connectivity index (χ3v) is 3.21. The zero-order valence-electron chi connectivity index (χ0n) is 10.0. The van der Waals surface area contributed by atoms with Crippen molar-refractivity contribution in [3.05, 3.63) is 11.8 Å². The Morgan fingerprint density at radius 2 is 2.17 bits per heavy atom. The van der Waals surface area contributed by atoms with Crippen molar-refractivity contribution in [1.82, 2.24) is 9.97 Å². The summed E-state index contributed by atoms with van der Waals surface area (Å²) < 4.78 is 37.8. The van der Waals surface area contributed by atoms with Gasteiger partial charge in [-0.3, -0.25) is 0 Å². The van der Waals surface area contributed by atoms with Gasteiger partial charge >= 0.3 is 6.18 Å². The van der Waals surface area contributed by atoms with E-state index >= 15 is 0 Å². The van der Waals surface area contributed by atoms with Crippen LogP contribution >= 0.6 is 0 Å². The summed E-state index contributed by atoms with van der Waals surface area (Å²) in [4.78, 5) is 8.96. The molecule has 0 aromatic carbocycles. The second-order valence-electron chi connectivity index (χ2n) is 4.48. The van der Waals surface area contributed by atoms with Crippen LogP contribution in [0.25, 0.3) is 0 Å². The van der Waals surface area contributed by atoms with Gasteiger partial charge < -0.3 is 10.6 Å². The van der Waals surface area contributed by atoms with E-state index in [1.54, 1.807) is 0 Å². The minimum Gasteiger partial charge on any atom is -0.368 e. The fraction of sp³-hybridized carbons (Fsp3) is 0.636. The predicted octanol–water partition coefficient (Wildman–Crippen LogP) is 2.31. The molecule has 4 nitrogen and oxygen atoms in total. The summed E-state index contributed by atoms with van der Waals surface area (Å²) in [5.74, 6) is 0.445. The van der Waals surface area contributed by atoms with Gasteiger partial charge in [-0.1, -0.05) is 13.3 Å². The first kappa shape index (κ1) is 12.9. The number of hydrogen-bond acceptors (Lipinski definition) is 4. The molecule has 0 radical (unpaired) electrons. The lowest BCUT2D eigenvalue weighted by molar-refractivity contribution is -0.141. The third kappa shape index (κ3) is 2.65. The number of aromatic nitrogens is 2. The smallest absolute Gasteiger partial charge is 0.368 e. The maximum absolute atomic E-state index is 12.6. The number of nitrogen functional groups attached to an aromatic ring is 1. The first-order valence-corrected chi connectivity index (χ1v) is 5.87. The number of anilines is 2. The van der Waals surface area contributed by atoms with E-state index in [9.17, 15) is 13.2 Å². The van der Waals surface area contributed by atoms with Crippen LogP contribution in [0.4, 0.5) is 24.9 Å². The first-order chi connectivity index (χ1) is 8.40. The fourth-order valence-electron chi connectivity index (χ4n) is 2.13. The molecule has 1 saturated heterocycles. The van der Waals surface area contributed by atoms with E-state index in [1.807, 2.05) is 4.90 Å². The molecular weight excluding hydrogens is 245 g/mol. The third-order valence-electron chi connectivity index (χ3n) is 3.21. The van der Waals surface area contributed by atoms with Crippen molar-refractivity contribution in [3.8, 4) is 0 Å². The highest BCUT2D eigenvalue weighted by molar-refractivity contribution is 5.45. The highest BCUT2D eigenvalue weighted by atomic mass is 19.4. The molecule has 1 aliphatic heterocycles. The Kier molecular flexibility index (Phi) is 3.32. The molecule has 100 valence electrons. The van der Waals surface area contributed by atoms with Crippen molar-refractivity contribution in [1.29, 1.82) is 0 Å². The van der Waals surface area contributed by atoms with Crippen LogP contribution in [0.15, 0.2) is 6.07 Å². The van der Waals surface area contributed by atoms with Crippen LogP contribution in [0, 0.1) is 5.92 Å². The summed E-state index contributed by atoms with van der Waals surface area (Å²) in [7, 11) is 0. The van der Waals surface area contributed by atoms with E-state index in [0.29, 0.717) is 12.5 Å². The maximum atomic E-state index is 12.6. The molecule has 2 heterocycles. The molecule has 1 unspecified atom stereocenters. The van der Waals surface area contributed by atoms with Crippen molar-refractivity contribution in [2.24, 2.45) is 5.92 Å². The summed E-state index contributed by atoms with van der Waals surface area (Å²) in [6.07, 6.45) is -2.50. The molecule has 1 aromatic heterocycles. The van der Waals surface area contributed by atoms with Crippen LogP contribution in [-0.4, -0.2) is 23.1 Å². The van der Waals surface area contributed by atoms with Crippen LogP contribution < -0.4 is 10.6 Å². The molecule has 1 aromatic rings. The minimum atomic E-state index is -4.49. The molecule has 1 atom stereocenters. The van der Waals surface area contributed by atoms with Gasteiger partial charge in [0.15, 0.2) is 5.69 Å². The van der Waals surface area contributed by atoms with Crippen molar-refractivity contribution in [2.45, 2.75) is 25.9 Å². The molecule has 0 amide bonds. The van der Waals surface area contributed by atoms with Crippen molar-refractivity contribution >= 4 is 11.8 Å². The summed E-state index contributed by atoms with van der Waals surface area (Å²) in [5.41, 5.74) is 4.36. The number of alkyl halides is 3. The van der Waals surface area contributed by atoms with Crippen molar-refractivity contribution < 1.29 is 13.2 Å². The molecule has 18 heavy (non-hydrogen) atoms. The second-order valence-corrected chi connectivity index (χ2v) is 4.48. The van der Waals surface area contributed by atoms with E-state index < -0.39 is 11.9 Å². The molecule has 0 aliphatic carbocycles. The monoisotopic (exact) mass is 260 g/mol. The Hall–Kier alpha value is -1.53. The van der Waals surface area contributed by atoms with Crippen LogP contribution in [0.1, 0.15) is 25.5 Å². The van der Waals surface area contributed by atoms with Gasteiger partial charge in [-0.25, -0.2) is 4.98 Å². The zero-order chi connectivity index (χ0) is 13.3. The van der Waals surface area contributed by atoms with Gasteiger partial charge in [-0.15, -0.1) is 0 Å². The number of nitrogens with two attached hydrogens (primary N) is 1. The Morgan fingerprint density at radius 3 is 2.72 bits per heavy atom. The molecule has 1 fully saturated rings. The van der Waals surface area contributed by atoms with Crippen LogP contribution in [-0.2, 0) is 6.18 Å². The average Bonchev–Trinajstić information content (AvgIpc) is 2.75. The summed E-state index contributed by atoms with van der Waals surface area (Å²) >= 11 is 0. The summed E-state index contributed by atoms with van der Waals surface area (Å²) in [6.45, 7) is 3.51. The standard InChI is InChI=1S/C11H15F3N4/c1-2-7-3-4-18(6-7)9-5-8(11(12,13)14)16-10(15)17-9/h5,7H,2-4,6H2,1H3,(H2,15,16,17). The maximum Gasteiger partial charge on any atom is 0.433 e. The van der Waals surface area contributed by atoms with Crippen LogP contribution in [0.5, 0.6) is 0 Å². The molecule has 7 heteroatoms. The Balaban J connectivity index is 2.26. The van der Waals surface area contributed by atoms with Gasteiger partial charge in [0.05, 0.1) is 0 Å². The SMILES string of the molecule is CCC1CCN(c2cc(C(F)(F)F)nc(N)n2)C1. The topological polar surface area (TPSA) is 55.0 Å². The number of halogens is 3. The molecular formula is C11H15F3N4. The van der Waals surface area contributed by atoms with Gasteiger partial charge in [0.25, 0.3) is 0 Å². The molecule has 0 bridgehead atoms. The normalized spacial score (nSPS) is 20.4. The average molecular weight is 260 g/mol. The quantitative estimate of drug-likeness (QED) is 0.886. The molecule has 0 saturated carbocycles. The lowest BCUT2D eigenvalue weighted by atomic mass is 10.1. The lowest BCUT2D eigenvalue weighted by Crippen LogP contribution is -2.23. The Morgan fingerprint density at radius 1 is 1.44 bits per heavy atom. The number of hydrogen-bond donors (Lipinski definition) is 1. The molecule has 2 rings (SSSR count). The van der Waals surface area contributed by atoms with Gasteiger partial charge in [0.1, 0.15) is 5.82 Å². The van der Waals surface area contributed by atoms with Gasteiger partial charge in [-0.2, -0.15) is 18.2 Å².